The SMILES string of the molecule is CCOCCN(CCOCC)C1CCCCCC1=O. The summed E-state index contributed by atoms with van der Waals surface area (Å²) in [5, 5.41) is 0. The largest absolute Gasteiger partial charge is 0.380 e. The highest BCUT2D eigenvalue weighted by atomic mass is 16.5. The Bertz CT molecular complexity index is 236. The van der Waals surface area contributed by atoms with Gasteiger partial charge in [-0.15, -0.1) is 0 Å². The number of carbonyl (C=O) groups is 1. The molecule has 19 heavy (non-hydrogen) atoms. The fourth-order valence-corrected chi connectivity index (χ4v) is 2.60. The summed E-state index contributed by atoms with van der Waals surface area (Å²) in [6.07, 6.45) is 5.14. The first-order chi connectivity index (χ1) is 9.29. The Balaban J connectivity index is 2.50. The van der Waals surface area contributed by atoms with Crippen molar-refractivity contribution in [1.82, 2.24) is 4.90 Å². The molecule has 0 aromatic carbocycles. The minimum atomic E-state index is 0.0865. The molecule has 4 nitrogen and oxygen atoms in total. The number of rotatable bonds is 9. The Morgan fingerprint density at radius 2 is 1.68 bits per heavy atom. The van der Waals surface area contributed by atoms with E-state index in [1.165, 1.54) is 6.42 Å². The van der Waals surface area contributed by atoms with Gasteiger partial charge in [-0.05, 0) is 26.7 Å². The molecule has 1 saturated carbocycles. The third-order valence-electron chi connectivity index (χ3n) is 3.67. The lowest BCUT2D eigenvalue weighted by molar-refractivity contribution is -0.124. The van der Waals surface area contributed by atoms with Gasteiger partial charge in [0.05, 0.1) is 19.3 Å². The first-order valence-corrected chi connectivity index (χ1v) is 7.71. The number of hydrogen-bond donors (Lipinski definition) is 0. The normalized spacial score (nSPS) is 20.8. The first kappa shape index (κ1) is 16.6. The van der Waals surface area contributed by atoms with Crippen molar-refractivity contribution in [3.05, 3.63) is 0 Å². The van der Waals surface area contributed by atoms with Crippen molar-refractivity contribution in [3.63, 3.8) is 0 Å². The molecule has 0 saturated heterocycles. The summed E-state index contributed by atoms with van der Waals surface area (Å²) in [5.74, 6) is 0.408. The first-order valence-electron chi connectivity index (χ1n) is 7.71. The molecule has 1 fully saturated rings. The average Bonchev–Trinajstić information content (AvgIpc) is 2.62. The zero-order valence-corrected chi connectivity index (χ0v) is 12.5. The van der Waals surface area contributed by atoms with Crippen LogP contribution in [-0.4, -0.2) is 56.2 Å². The molecule has 1 unspecified atom stereocenters. The molecule has 1 aliphatic rings. The smallest absolute Gasteiger partial charge is 0.149 e. The number of ether oxygens (including phenoxy) is 2. The van der Waals surface area contributed by atoms with Crippen LogP contribution in [0.3, 0.4) is 0 Å². The van der Waals surface area contributed by atoms with Crippen LogP contribution in [0.2, 0.25) is 0 Å². The molecule has 0 bridgehead atoms. The minimum absolute atomic E-state index is 0.0865. The van der Waals surface area contributed by atoms with E-state index >= 15 is 0 Å². The summed E-state index contributed by atoms with van der Waals surface area (Å²) in [5.41, 5.74) is 0. The fourth-order valence-electron chi connectivity index (χ4n) is 2.60. The second-order valence-corrected chi connectivity index (χ2v) is 5.01. The van der Waals surface area contributed by atoms with Crippen LogP contribution in [0, 0.1) is 0 Å². The Morgan fingerprint density at radius 1 is 1.05 bits per heavy atom. The van der Waals surface area contributed by atoms with Crippen molar-refractivity contribution in [2.45, 2.75) is 52.0 Å². The molecule has 4 heteroatoms. The number of carbonyl (C=O) groups excluding carboxylic acids is 1. The van der Waals surface area contributed by atoms with Gasteiger partial charge < -0.3 is 9.47 Å². The third-order valence-corrected chi connectivity index (χ3v) is 3.67. The minimum Gasteiger partial charge on any atom is -0.380 e. The number of Topliss-reactive ketones (excluding diaryl/α,β-unsaturated/α-hetero) is 1. The van der Waals surface area contributed by atoms with E-state index in [-0.39, 0.29) is 6.04 Å². The Hall–Kier alpha value is -0.450. The Morgan fingerprint density at radius 3 is 2.26 bits per heavy atom. The Labute approximate surface area is 117 Å². The average molecular weight is 271 g/mol. The van der Waals surface area contributed by atoms with E-state index in [0.717, 1.165) is 52.0 Å². The quantitative estimate of drug-likeness (QED) is 0.476. The highest BCUT2D eigenvalue weighted by Crippen LogP contribution is 2.19. The summed E-state index contributed by atoms with van der Waals surface area (Å²) in [7, 11) is 0. The number of ketones is 1. The topological polar surface area (TPSA) is 38.8 Å². The summed E-state index contributed by atoms with van der Waals surface area (Å²) < 4.78 is 10.9. The van der Waals surface area contributed by atoms with Gasteiger partial charge in [0.15, 0.2) is 0 Å². The highest BCUT2D eigenvalue weighted by Gasteiger charge is 2.26. The van der Waals surface area contributed by atoms with Crippen molar-refractivity contribution in [3.8, 4) is 0 Å². The molecular formula is C15H29NO3. The molecule has 0 N–H and O–H groups in total. The summed E-state index contributed by atoms with van der Waals surface area (Å²) in [4.78, 5) is 14.5. The van der Waals surface area contributed by atoms with E-state index < -0.39 is 0 Å². The van der Waals surface area contributed by atoms with Crippen molar-refractivity contribution in [1.29, 1.82) is 0 Å². The molecule has 1 atom stereocenters. The standard InChI is InChI=1S/C15H29NO3/c1-3-18-12-10-16(11-13-19-4-2)14-8-6-5-7-9-15(14)17/h14H,3-13H2,1-2H3. The lowest BCUT2D eigenvalue weighted by Crippen LogP contribution is -2.44. The van der Waals surface area contributed by atoms with E-state index in [1.807, 2.05) is 13.8 Å². The van der Waals surface area contributed by atoms with E-state index in [1.54, 1.807) is 0 Å². The second kappa shape index (κ2) is 10.4. The summed E-state index contributed by atoms with van der Waals surface area (Å²) in [6.45, 7) is 8.53. The van der Waals surface area contributed by atoms with Gasteiger partial charge in [0.1, 0.15) is 5.78 Å². The molecular weight excluding hydrogens is 242 g/mol. The zero-order valence-electron chi connectivity index (χ0n) is 12.5. The lowest BCUT2D eigenvalue weighted by Gasteiger charge is -2.29. The molecule has 0 aliphatic heterocycles. The summed E-state index contributed by atoms with van der Waals surface area (Å²) in [6, 6.07) is 0.0865. The molecule has 0 spiro atoms. The second-order valence-electron chi connectivity index (χ2n) is 5.01. The van der Waals surface area contributed by atoms with Crippen molar-refractivity contribution in [2.24, 2.45) is 0 Å². The number of hydrogen-bond acceptors (Lipinski definition) is 4. The fraction of sp³-hybridized carbons (Fsp3) is 0.933. The van der Waals surface area contributed by atoms with E-state index in [2.05, 4.69) is 4.90 Å². The van der Waals surface area contributed by atoms with Gasteiger partial charge in [-0.1, -0.05) is 12.8 Å². The van der Waals surface area contributed by atoms with Gasteiger partial charge in [0.2, 0.25) is 0 Å². The predicted octanol–water partition coefficient (Wildman–Crippen LogP) is 2.26. The van der Waals surface area contributed by atoms with Gasteiger partial charge in [-0.3, -0.25) is 9.69 Å². The maximum atomic E-state index is 12.2. The molecule has 112 valence electrons. The summed E-state index contributed by atoms with van der Waals surface area (Å²) >= 11 is 0. The number of nitrogens with zero attached hydrogens (tertiary/aromatic N) is 1. The maximum Gasteiger partial charge on any atom is 0.149 e. The third kappa shape index (κ3) is 6.50. The van der Waals surface area contributed by atoms with Crippen LogP contribution in [0.4, 0.5) is 0 Å². The van der Waals surface area contributed by atoms with Crippen LogP contribution in [0.5, 0.6) is 0 Å². The van der Waals surface area contributed by atoms with Crippen LogP contribution in [0.1, 0.15) is 46.0 Å². The zero-order chi connectivity index (χ0) is 13.9. The van der Waals surface area contributed by atoms with Gasteiger partial charge in [0.25, 0.3) is 0 Å². The van der Waals surface area contributed by atoms with Gasteiger partial charge >= 0.3 is 0 Å². The van der Waals surface area contributed by atoms with Crippen molar-refractivity contribution < 1.29 is 14.3 Å². The van der Waals surface area contributed by atoms with Gasteiger partial charge in [-0.2, -0.15) is 0 Å². The van der Waals surface area contributed by atoms with Crippen LogP contribution in [0.25, 0.3) is 0 Å². The molecule has 1 aliphatic carbocycles. The molecule has 0 aromatic heterocycles. The lowest BCUT2D eigenvalue weighted by atomic mass is 10.1. The van der Waals surface area contributed by atoms with E-state index in [0.29, 0.717) is 19.0 Å². The molecule has 0 amide bonds. The predicted molar refractivity (Wildman–Crippen MR) is 76.4 cm³/mol. The monoisotopic (exact) mass is 271 g/mol. The van der Waals surface area contributed by atoms with Crippen molar-refractivity contribution >= 4 is 5.78 Å². The van der Waals surface area contributed by atoms with Crippen LogP contribution < -0.4 is 0 Å². The molecule has 0 aromatic rings. The molecule has 1 rings (SSSR count). The maximum absolute atomic E-state index is 12.2. The molecule has 0 radical (unpaired) electrons. The van der Waals surface area contributed by atoms with Gasteiger partial charge in [0, 0.05) is 32.7 Å². The van der Waals surface area contributed by atoms with E-state index in [4.69, 9.17) is 9.47 Å². The van der Waals surface area contributed by atoms with Crippen LogP contribution >= 0.6 is 0 Å². The Kier molecular flexibility index (Phi) is 9.05. The van der Waals surface area contributed by atoms with Crippen LogP contribution in [-0.2, 0) is 14.3 Å². The van der Waals surface area contributed by atoms with E-state index in [9.17, 15) is 4.79 Å². The highest BCUT2D eigenvalue weighted by molar-refractivity contribution is 5.84. The molecule has 0 heterocycles. The van der Waals surface area contributed by atoms with Crippen LogP contribution in [0.15, 0.2) is 0 Å². The van der Waals surface area contributed by atoms with Crippen molar-refractivity contribution in [2.75, 3.05) is 39.5 Å². The van der Waals surface area contributed by atoms with Gasteiger partial charge in [-0.25, -0.2) is 0 Å².